The molecule has 0 radical (unpaired) electrons. The number of benzene rings is 1. The van der Waals surface area contributed by atoms with E-state index in [1.54, 1.807) is 0 Å². The van der Waals surface area contributed by atoms with E-state index in [9.17, 15) is 0 Å². The van der Waals surface area contributed by atoms with Crippen LogP contribution in [0.4, 0.5) is 0 Å². The third-order valence-electron chi connectivity index (χ3n) is 3.33. The first-order chi connectivity index (χ1) is 10.1. The summed E-state index contributed by atoms with van der Waals surface area (Å²) in [6.45, 7) is 7.22. The molecule has 0 aliphatic rings. The zero-order chi connectivity index (χ0) is 15.2. The van der Waals surface area contributed by atoms with Gasteiger partial charge >= 0.3 is 0 Å². The van der Waals surface area contributed by atoms with Gasteiger partial charge in [-0.25, -0.2) is 4.98 Å². The summed E-state index contributed by atoms with van der Waals surface area (Å²) >= 11 is 0. The molecule has 0 spiro atoms. The van der Waals surface area contributed by atoms with Crippen molar-refractivity contribution in [2.45, 2.75) is 39.3 Å². The first-order valence-corrected chi connectivity index (χ1v) is 7.58. The van der Waals surface area contributed by atoms with E-state index >= 15 is 0 Å². The maximum Gasteiger partial charge on any atom is 0.119 e. The van der Waals surface area contributed by atoms with Crippen molar-refractivity contribution in [2.24, 2.45) is 7.05 Å². The summed E-state index contributed by atoms with van der Waals surface area (Å²) in [5.41, 5.74) is 2.39. The van der Waals surface area contributed by atoms with Crippen LogP contribution in [0, 0.1) is 0 Å². The zero-order valence-electron chi connectivity index (χ0n) is 13.3. The molecule has 0 aliphatic heterocycles. The topological polar surface area (TPSA) is 39.1 Å². The summed E-state index contributed by atoms with van der Waals surface area (Å²) in [7, 11) is 2.03. The van der Waals surface area contributed by atoms with E-state index in [0.717, 1.165) is 18.7 Å². The van der Waals surface area contributed by atoms with E-state index < -0.39 is 0 Å². The molecule has 4 nitrogen and oxygen atoms in total. The Morgan fingerprint density at radius 3 is 2.48 bits per heavy atom. The summed E-state index contributed by atoms with van der Waals surface area (Å²) in [6, 6.07) is 8.47. The van der Waals surface area contributed by atoms with Crippen molar-refractivity contribution in [2.75, 3.05) is 6.54 Å². The molecule has 4 heteroatoms. The second kappa shape index (κ2) is 7.27. The van der Waals surface area contributed by atoms with E-state index in [-0.39, 0.29) is 12.1 Å². The summed E-state index contributed by atoms with van der Waals surface area (Å²) in [6.07, 6.45) is 5.06. The molecule has 1 N–H and O–H groups in total. The summed E-state index contributed by atoms with van der Waals surface area (Å²) < 4.78 is 7.77. The fourth-order valence-corrected chi connectivity index (χ4v) is 2.34. The Kier molecular flexibility index (Phi) is 5.39. The van der Waals surface area contributed by atoms with Crippen LogP contribution in [0.25, 0.3) is 0 Å². The molecule has 21 heavy (non-hydrogen) atoms. The lowest BCUT2D eigenvalue weighted by Gasteiger charge is -2.20. The van der Waals surface area contributed by atoms with Gasteiger partial charge in [-0.2, -0.15) is 0 Å². The molecule has 2 aromatic rings. The molecule has 0 saturated heterocycles. The van der Waals surface area contributed by atoms with Crippen LogP contribution in [0.2, 0.25) is 0 Å². The Bertz CT molecular complexity index is 545. The van der Waals surface area contributed by atoms with Gasteiger partial charge in [0, 0.05) is 7.05 Å². The van der Waals surface area contributed by atoms with Crippen LogP contribution in [-0.4, -0.2) is 22.2 Å². The Hall–Kier alpha value is -1.81. The standard InChI is InChI=1S/C17H25N3O/c1-5-10-19-17(16-11-18-12-20(16)4)14-6-8-15(9-7-14)21-13(2)3/h6-9,11-13,17,19H,5,10H2,1-4H3. The molecule has 0 aliphatic carbocycles. The van der Waals surface area contributed by atoms with Gasteiger partial charge < -0.3 is 14.6 Å². The quantitative estimate of drug-likeness (QED) is 0.849. The predicted octanol–water partition coefficient (Wildman–Crippen LogP) is 3.30. The third kappa shape index (κ3) is 4.08. The number of rotatable bonds is 7. The molecule has 0 fully saturated rings. The van der Waals surface area contributed by atoms with Crippen LogP contribution in [0.5, 0.6) is 5.75 Å². The first-order valence-electron chi connectivity index (χ1n) is 7.58. The molecule has 1 aromatic carbocycles. The predicted molar refractivity (Wildman–Crippen MR) is 85.6 cm³/mol. The minimum Gasteiger partial charge on any atom is -0.491 e. The molecular formula is C17H25N3O. The summed E-state index contributed by atoms with van der Waals surface area (Å²) in [5.74, 6) is 0.910. The van der Waals surface area contributed by atoms with Crippen LogP contribution >= 0.6 is 0 Å². The van der Waals surface area contributed by atoms with E-state index in [1.165, 1.54) is 11.3 Å². The highest BCUT2D eigenvalue weighted by molar-refractivity contribution is 5.33. The largest absolute Gasteiger partial charge is 0.491 e. The number of aryl methyl sites for hydroxylation is 1. The SMILES string of the molecule is CCCNC(c1ccc(OC(C)C)cc1)c1cncn1C. The smallest absolute Gasteiger partial charge is 0.119 e. The highest BCUT2D eigenvalue weighted by Gasteiger charge is 2.16. The number of hydrogen-bond acceptors (Lipinski definition) is 3. The van der Waals surface area contributed by atoms with Gasteiger partial charge in [0.1, 0.15) is 5.75 Å². The normalized spacial score (nSPS) is 12.6. The van der Waals surface area contributed by atoms with E-state index in [2.05, 4.69) is 33.9 Å². The van der Waals surface area contributed by atoms with Crippen molar-refractivity contribution in [3.05, 3.63) is 48.0 Å². The number of ether oxygens (including phenoxy) is 1. The van der Waals surface area contributed by atoms with Crippen molar-refractivity contribution in [3.8, 4) is 5.75 Å². The van der Waals surface area contributed by atoms with Gasteiger partial charge in [-0.15, -0.1) is 0 Å². The highest BCUT2D eigenvalue weighted by Crippen LogP contribution is 2.24. The Morgan fingerprint density at radius 1 is 1.24 bits per heavy atom. The van der Waals surface area contributed by atoms with Crippen LogP contribution in [-0.2, 0) is 7.05 Å². The highest BCUT2D eigenvalue weighted by atomic mass is 16.5. The van der Waals surface area contributed by atoms with E-state index in [4.69, 9.17) is 4.74 Å². The molecule has 0 saturated carbocycles. The van der Waals surface area contributed by atoms with Crippen molar-refractivity contribution < 1.29 is 4.74 Å². The lowest BCUT2D eigenvalue weighted by atomic mass is 10.0. The molecule has 1 heterocycles. The van der Waals surface area contributed by atoms with E-state index in [0.29, 0.717) is 0 Å². The number of nitrogens with zero attached hydrogens (tertiary/aromatic N) is 2. The van der Waals surface area contributed by atoms with E-state index in [1.807, 2.05) is 45.6 Å². The maximum atomic E-state index is 5.71. The van der Waals surface area contributed by atoms with Crippen LogP contribution in [0.15, 0.2) is 36.8 Å². The molecule has 1 atom stereocenters. The minimum absolute atomic E-state index is 0.158. The number of nitrogens with one attached hydrogen (secondary N) is 1. The summed E-state index contributed by atoms with van der Waals surface area (Å²) in [5, 5.41) is 3.59. The van der Waals surface area contributed by atoms with Gasteiger partial charge in [-0.05, 0) is 44.5 Å². The van der Waals surface area contributed by atoms with Crippen molar-refractivity contribution in [1.82, 2.24) is 14.9 Å². The molecule has 0 amide bonds. The average molecular weight is 287 g/mol. The molecule has 2 rings (SSSR count). The second-order valence-corrected chi connectivity index (χ2v) is 5.55. The Labute approximate surface area is 127 Å². The fraction of sp³-hybridized carbons (Fsp3) is 0.471. The Balaban J connectivity index is 2.22. The van der Waals surface area contributed by atoms with Gasteiger partial charge in [0.25, 0.3) is 0 Å². The van der Waals surface area contributed by atoms with Gasteiger partial charge in [0.05, 0.1) is 30.4 Å². The number of hydrogen-bond donors (Lipinski definition) is 1. The van der Waals surface area contributed by atoms with Gasteiger partial charge in [0.2, 0.25) is 0 Å². The molecule has 1 aromatic heterocycles. The van der Waals surface area contributed by atoms with Crippen molar-refractivity contribution >= 4 is 0 Å². The van der Waals surface area contributed by atoms with Crippen molar-refractivity contribution in [1.29, 1.82) is 0 Å². The van der Waals surface area contributed by atoms with Gasteiger partial charge in [0.15, 0.2) is 0 Å². The molecule has 1 unspecified atom stereocenters. The first kappa shape index (κ1) is 15.6. The molecular weight excluding hydrogens is 262 g/mol. The number of aromatic nitrogens is 2. The van der Waals surface area contributed by atoms with Crippen molar-refractivity contribution in [3.63, 3.8) is 0 Å². The van der Waals surface area contributed by atoms with Crippen LogP contribution in [0.1, 0.15) is 44.5 Å². The molecule has 0 bridgehead atoms. The lowest BCUT2D eigenvalue weighted by molar-refractivity contribution is 0.242. The lowest BCUT2D eigenvalue weighted by Crippen LogP contribution is -2.25. The van der Waals surface area contributed by atoms with Crippen LogP contribution < -0.4 is 10.1 Å². The second-order valence-electron chi connectivity index (χ2n) is 5.55. The fourth-order valence-electron chi connectivity index (χ4n) is 2.34. The maximum absolute atomic E-state index is 5.71. The number of imidazole rings is 1. The summed E-state index contributed by atoms with van der Waals surface area (Å²) in [4.78, 5) is 4.23. The third-order valence-corrected chi connectivity index (χ3v) is 3.33. The average Bonchev–Trinajstić information content (AvgIpc) is 2.87. The monoisotopic (exact) mass is 287 g/mol. The Morgan fingerprint density at radius 2 is 1.95 bits per heavy atom. The zero-order valence-corrected chi connectivity index (χ0v) is 13.3. The van der Waals surface area contributed by atoms with Gasteiger partial charge in [-0.1, -0.05) is 19.1 Å². The van der Waals surface area contributed by atoms with Crippen LogP contribution in [0.3, 0.4) is 0 Å². The minimum atomic E-state index is 0.158. The molecule has 114 valence electrons. The van der Waals surface area contributed by atoms with Gasteiger partial charge in [-0.3, -0.25) is 0 Å².